The molecule has 2 aromatic rings. The minimum atomic E-state index is 0.389. The fraction of sp³-hybridized carbons (Fsp3) is 0.444. The average Bonchev–Trinajstić information content (AvgIpc) is 3.00. The predicted octanol–water partition coefficient (Wildman–Crippen LogP) is 1.61. The summed E-state index contributed by atoms with van der Waals surface area (Å²) in [7, 11) is 5.87. The van der Waals surface area contributed by atoms with Crippen molar-refractivity contribution in [3.8, 4) is 0 Å². The van der Waals surface area contributed by atoms with E-state index in [4.69, 9.17) is 0 Å². The van der Waals surface area contributed by atoms with Gasteiger partial charge < -0.3 is 10.6 Å². The van der Waals surface area contributed by atoms with Gasteiger partial charge in [-0.3, -0.25) is 14.6 Å². The molecule has 0 amide bonds. The normalized spacial score (nSPS) is 13.1. The monoisotopic (exact) mass is 328 g/mol. The summed E-state index contributed by atoms with van der Waals surface area (Å²) in [6, 6.07) is 12.9. The highest BCUT2D eigenvalue weighted by Gasteiger charge is 2.10. The topological polar surface area (TPSA) is 57.5 Å². The van der Waals surface area contributed by atoms with E-state index in [0.717, 1.165) is 24.7 Å². The van der Waals surface area contributed by atoms with Crippen LogP contribution in [0, 0.1) is 0 Å². The van der Waals surface area contributed by atoms with Crippen molar-refractivity contribution < 1.29 is 0 Å². The van der Waals surface area contributed by atoms with Crippen LogP contribution < -0.4 is 10.6 Å². The second-order valence-electron chi connectivity index (χ2n) is 6.00. The van der Waals surface area contributed by atoms with Crippen molar-refractivity contribution in [1.29, 1.82) is 0 Å². The number of likely N-dealkylation sites (N-methyl/N-ethyl adjacent to an activating group) is 1. The molecule has 1 unspecified atom stereocenters. The van der Waals surface area contributed by atoms with E-state index in [0.29, 0.717) is 12.6 Å². The van der Waals surface area contributed by atoms with Gasteiger partial charge in [-0.1, -0.05) is 30.3 Å². The standard InChI is InChI=1S/C18H28N6/c1-15(23(3)14-16-8-6-5-7-9-16)12-20-18(19-2)21-13-17-10-11-22-24(17)4/h5-11,15H,12-14H2,1-4H3,(H2,19,20,21). The van der Waals surface area contributed by atoms with E-state index < -0.39 is 0 Å². The molecule has 1 aromatic heterocycles. The van der Waals surface area contributed by atoms with E-state index in [1.807, 2.05) is 23.9 Å². The number of nitrogens with zero attached hydrogens (tertiary/aromatic N) is 4. The van der Waals surface area contributed by atoms with Crippen LogP contribution in [0.1, 0.15) is 18.2 Å². The Balaban J connectivity index is 1.76. The number of hydrogen-bond donors (Lipinski definition) is 2. The third-order valence-electron chi connectivity index (χ3n) is 4.18. The first-order chi connectivity index (χ1) is 11.6. The van der Waals surface area contributed by atoms with Crippen molar-refractivity contribution >= 4 is 5.96 Å². The summed E-state index contributed by atoms with van der Waals surface area (Å²) in [6.45, 7) is 4.67. The molecule has 0 spiro atoms. The SMILES string of the molecule is CN=C(NCc1ccnn1C)NCC(C)N(C)Cc1ccccc1. The predicted molar refractivity (Wildman–Crippen MR) is 98.8 cm³/mol. The van der Waals surface area contributed by atoms with Gasteiger partial charge in [0.1, 0.15) is 0 Å². The minimum absolute atomic E-state index is 0.389. The van der Waals surface area contributed by atoms with Crippen molar-refractivity contribution in [1.82, 2.24) is 25.3 Å². The molecule has 0 aliphatic rings. The molecule has 0 aliphatic carbocycles. The van der Waals surface area contributed by atoms with E-state index in [9.17, 15) is 0 Å². The quantitative estimate of drug-likeness (QED) is 0.599. The smallest absolute Gasteiger partial charge is 0.191 e. The van der Waals surface area contributed by atoms with Crippen LogP contribution in [0.25, 0.3) is 0 Å². The lowest BCUT2D eigenvalue weighted by Crippen LogP contribution is -2.44. The van der Waals surface area contributed by atoms with Gasteiger partial charge in [0, 0.05) is 39.4 Å². The Morgan fingerprint density at radius 2 is 2.00 bits per heavy atom. The molecule has 6 nitrogen and oxygen atoms in total. The largest absolute Gasteiger partial charge is 0.355 e. The number of benzene rings is 1. The van der Waals surface area contributed by atoms with Gasteiger partial charge in [0.15, 0.2) is 5.96 Å². The molecule has 0 radical (unpaired) electrons. The van der Waals surface area contributed by atoms with Crippen LogP contribution in [-0.4, -0.2) is 47.3 Å². The van der Waals surface area contributed by atoms with Crippen molar-refractivity contribution in [3.05, 3.63) is 53.9 Å². The van der Waals surface area contributed by atoms with Gasteiger partial charge in [0.25, 0.3) is 0 Å². The molecule has 0 saturated heterocycles. The van der Waals surface area contributed by atoms with Gasteiger partial charge in [-0.25, -0.2) is 0 Å². The number of rotatable bonds is 7. The van der Waals surface area contributed by atoms with Crippen LogP contribution in [-0.2, 0) is 20.1 Å². The van der Waals surface area contributed by atoms with Crippen molar-refractivity contribution in [2.45, 2.75) is 26.1 Å². The van der Waals surface area contributed by atoms with Crippen LogP contribution in [0.5, 0.6) is 0 Å². The fourth-order valence-corrected chi connectivity index (χ4v) is 2.40. The van der Waals surface area contributed by atoms with E-state index in [1.165, 1.54) is 5.56 Å². The number of aromatic nitrogens is 2. The summed E-state index contributed by atoms with van der Waals surface area (Å²) in [5, 5.41) is 10.9. The number of hydrogen-bond acceptors (Lipinski definition) is 3. The lowest BCUT2D eigenvalue weighted by molar-refractivity contribution is 0.249. The third-order valence-corrected chi connectivity index (χ3v) is 4.18. The Morgan fingerprint density at radius 1 is 1.25 bits per heavy atom. The van der Waals surface area contributed by atoms with E-state index in [-0.39, 0.29) is 0 Å². The highest BCUT2D eigenvalue weighted by molar-refractivity contribution is 5.79. The molecular weight excluding hydrogens is 300 g/mol. The lowest BCUT2D eigenvalue weighted by Gasteiger charge is -2.25. The van der Waals surface area contributed by atoms with E-state index in [2.05, 4.69) is 63.9 Å². The van der Waals surface area contributed by atoms with Crippen LogP contribution in [0.15, 0.2) is 47.6 Å². The maximum Gasteiger partial charge on any atom is 0.191 e. The summed E-state index contributed by atoms with van der Waals surface area (Å²) >= 11 is 0. The highest BCUT2D eigenvalue weighted by Crippen LogP contribution is 2.05. The van der Waals surface area contributed by atoms with Crippen LogP contribution in [0.2, 0.25) is 0 Å². The van der Waals surface area contributed by atoms with E-state index >= 15 is 0 Å². The molecule has 0 saturated carbocycles. The number of guanidine groups is 1. The Bertz CT molecular complexity index is 634. The van der Waals surface area contributed by atoms with Crippen LogP contribution in [0.3, 0.4) is 0 Å². The van der Waals surface area contributed by atoms with E-state index in [1.54, 1.807) is 13.2 Å². The van der Waals surface area contributed by atoms with Gasteiger partial charge in [-0.15, -0.1) is 0 Å². The maximum atomic E-state index is 4.28. The summed E-state index contributed by atoms with van der Waals surface area (Å²) < 4.78 is 1.86. The van der Waals surface area contributed by atoms with Crippen LogP contribution in [0.4, 0.5) is 0 Å². The summed E-state index contributed by atoms with van der Waals surface area (Å²) in [4.78, 5) is 6.61. The highest BCUT2D eigenvalue weighted by atomic mass is 15.3. The Morgan fingerprint density at radius 3 is 2.62 bits per heavy atom. The zero-order chi connectivity index (χ0) is 17.4. The van der Waals surface area contributed by atoms with Crippen molar-refractivity contribution in [2.75, 3.05) is 20.6 Å². The second-order valence-corrected chi connectivity index (χ2v) is 6.00. The molecule has 6 heteroatoms. The Kier molecular flexibility index (Phi) is 6.81. The summed E-state index contributed by atoms with van der Waals surface area (Å²) in [5.41, 5.74) is 2.44. The molecular formula is C18H28N6. The first-order valence-electron chi connectivity index (χ1n) is 8.25. The molecule has 1 atom stereocenters. The Hall–Kier alpha value is -2.34. The molecule has 2 rings (SSSR count). The van der Waals surface area contributed by atoms with Gasteiger partial charge in [-0.05, 0) is 25.6 Å². The van der Waals surface area contributed by atoms with Gasteiger partial charge in [0.2, 0.25) is 0 Å². The molecule has 0 bridgehead atoms. The maximum absolute atomic E-state index is 4.28. The van der Waals surface area contributed by atoms with Gasteiger partial charge >= 0.3 is 0 Å². The van der Waals surface area contributed by atoms with Crippen molar-refractivity contribution in [3.63, 3.8) is 0 Å². The van der Waals surface area contributed by atoms with Crippen molar-refractivity contribution in [2.24, 2.45) is 12.0 Å². The molecule has 0 fully saturated rings. The molecule has 2 N–H and O–H groups in total. The molecule has 1 aromatic carbocycles. The fourth-order valence-electron chi connectivity index (χ4n) is 2.40. The number of aryl methyl sites for hydroxylation is 1. The summed E-state index contributed by atoms with van der Waals surface area (Å²) in [6.07, 6.45) is 1.80. The molecule has 0 aliphatic heterocycles. The second kappa shape index (κ2) is 9.08. The zero-order valence-corrected chi connectivity index (χ0v) is 15.0. The Labute approximate surface area is 144 Å². The first-order valence-corrected chi connectivity index (χ1v) is 8.25. The molecule has 1 heterocycles. The number of nitrogens with one attached hydrogen (secondary N) is 2. The number of aliphatic imine (C=N–C) groups is 1. The lowest BCUT2D eigenvalue weighted by atomic mass is 10.2. The summed E-state index contributed by atoms with van der Waals surface area (Å²) in [5.74, 6) is 0.802. The molecule has 130 valence electrons. The van der Waals surface area contributed by atoms with Gasteiger partial charge in [0.05, 0.1) is 12.2 Å². The van der Waals surface area contributed by atoms with Crippen LogP contribution >= 0.6 is 0 Å². The third kappa shape index (κ3) is 5.38. The average molecular weight is 328 g/mol. The molecule has 24 heavy (non-hydrogen) atoms. The zero-order valence-electron chi connectivity index (χ0n) is 15.0. The first kappa shape index (κ1) is 18.0. The van der Waals surface area contributed by atoms with Gasteiger partial charge in [-0.2, -0.15) is 5.10 Å². The minimum Gasteiger partial charge on any atom is -0.355 e.